The Labute approximate surface area is 124 Å². The van der Waals surface area contributed by atoms with Gasteiger partial charge in [-0.15, -0.1) is 0 Å². The molecule has 2 rings (SSSR count). The van der Waals surface area contributed by atoms with Gasteiger partial charge in [0.1, 0.15) is 6.07 Å². The highest BCUT2D eigenvalue weighted by Crippen LogP contribution is 2.19. The van der Waals surface area contributed by atoms with E-state index in [0.717, 1.165) is 11.3 Å². The summed E-state index contributed by atoms with van der Waals surface area (Å²) in [6, 6.07) is 9.22. The maximum atomic E-state index is 12.3. The fourth-order valence-electron chi connectivity index (χ4n) is 2.30. The zero-order chi connectivity index (χ0) is 15.4. The molecule has 0 aliphatic rings. The summed E-state index contributed by atoms with van der Waals surface area (Å²) in [5, 5.41) is 13.4. The van der Waals surface area contributed by atoms with E-state index in [1.807, 2.05) is 26.2 Å². The number of anilines is 1. The molecule has 0 aliphatic carbocycles. The molecule has 5 heteroatoms. The number of hydrogen-bond acceptors (Lipinski definition) is 3. The van der Waals surface area contributed by atoms with E-state index in [1.165, 1.54) is 0 Å². The second-order valence-corrected chi connectivity index (χ2v) is 5.00. The van der Waals surface area contributed by atoms with Crippen LogP contribution in [-0.4, -0.2) is 22.7 Å². The van der Waals surface area contributed by atoms with Crippen LogP contribution >= 0.6 is 0 Å². The number of carbonyl (C=O) groups is 1. The average molecular weight is 282 g/mol. The van der Waals surface area contributed by atoms with Gasteiger partial charge in [-0.3, -0.25) is 9.48 Å². The molecule has 21 heavy (non-hydrogen) atoms. The zero-order valence-electron chi connectivity index (χ0n) is 12.5. The van der Waals surface area contributed by atoms with Crippen LogP contribution in [0.1, 0.15) is 23.2 Å². The SMILES string of the molecule is Cc1nn(C)cc1CCC(=O)N(C)c1ccccc1C#N. The van der Waals surface area contributed by atoms with Gasteiger partial charge in [0.25, 0.3) is 0 Å². The van der Waals surface area contributed by atoms with Crippen LogP contribution in [-0.2, 0) is 18.3 Å². The average Bonchev–Trinajstić information content (AvgIpc) is 2.81. The number of hydrogen-bond donors (Lipinski definition) is 0. The van der Waals surface area contributed by atoms with E-state index in [0.29, 0.717) is 24.1 Å². The smallest absolute Gasteiger partial charge is 0.227 e. The molecular weight excluding hydrogens is 264 g/mol. The molecule has 1 amide bonds. The Morgan fingerprint density at radius 1 is 1.43 bits per heavy atom. The molecule has 0 spiro atoms. The molecule has 0 saturated carbocycles. The van der Waals surface area contributed by atoms with Gasteiger partial charge in [-0.1, -0.05) is 12.1 Å². The molecule has 0 fully saturated rings. The van der Waals surface area contributed by atoms with Crippen LogP contribution < -0.4 is 4.90 Å². The summed E-state index contributed by atoms with van der Waals surface area (Å²) >= 11 is 0. The molecule has 0 unspecified atom stereocenters. The van der Waals surface area contributed by atoms with Crippen LogP contribution in [0.5, 0.6) is 0 Å². The van der Waals surface area contributed by atoms with Gasteiger partial charge < -0.3 is 4.90 Å². The topological polar surface area (TPSA) is 61.9 Å². The molecule has 0 saturated heterocycles. The van der Waals surface area contributed by atoms with Gasteiger partial charge in [-0.2, -0.15) is 10.4 Å². The Bertz CT molecular complexity index is 697. The van der Waals surface area contributed by atoms with Gasteiger partial charge in [0.05, 0.1) is 16.9 Å². The number of aryl methyl sites for hydroxylation is 3. The first-order valence-electron chi connectivity index (χ1n) is 6.77. The molecule has 1 aromatic heterocycles. The molecule has 0 radical (unpaired) electrons. The van der Waals surface area contributed by atoms with E-state index in [1.54, 1.807) is 34.8 Å². The summed E-state index contributed by atoms with van der Waals surface area (Å²) < 4.78 is 1.75. The lowest BCUT2D eigenvalue weighted by molar-refractivity contribution is -0.118. The number of benzene rings is 1. The normalized spacial score (nSPS) is 10.2. The monoisotopic (exact) mass is 282 g/mol. The Kier molecular flexibility index (Phi) is 4.39. The van der Waals surface area contributed by atoms with E-state index in [9.17, 15) is 4.79 Å². The number of amides is 1. The zero-order valence-corrected chi connectivity index (χ0v) is 12.5. The summed E-state index contributed by atoms with van der Waals surface area (Å²) in [4.78, 5) is 13.8. The van der Waals surface area contributed by atoms with Gasteiger partial charge in [0.2, 0.25) is 5.91 Å². The van der Waals surface area contributed by atoms with Gasteiger partial charge in [-0.05, 0) is 31.0 Å². The summed E-state index contributed by atoms with van der Waals surface area (Å²) in [5.41, 5.74) is 3.18. The van der Waals surface area contributed by atoms with E-state index in [2.05, 4.69) is 11.2 Å². The van der Waals surface area contributed by atoms with Crippen LogP contribution in [0.15, 0.2) is 30.5 Å². The van der Waals surface area contributed by atoms with E-state index in [-0.39, 0.29) is 5.91 Å². The predicted octanol–water partition coefficient (Wildman–Crippen LogP) is 2.20. The van der Waals surface area contributed by atoms with Crippen molar-refractivity contribution in [2.24, 2.45) is 7.05 Å². The molecule has 1 heterocycles. The fourth-order valence-corrected chi connectivity index (χ4v) is 2.30. The maximum absolute atomic E-state index is 12.3. The predicted molar refractivity (Wildman–Crippen MR) is 80.8 cm³/mol. The van der Waals surface area contributed by atoms with Crippen molar-refractivity contribution in [3.8, 4) is 6.07 Å². The lowest BCUT2D eigenvalue weighted by atomic mass is 10.1. The first-order chi connectivity index (χ1) is 10.0. The molecule has 108 valence electrons. The fraction of sp³-hybridized carbons (Fsp3) is 0.312. The lowest BCUT2D eigenvalue weighted by Gasteiger charge is -2.18. The van der Waals surface area contributed by atoms with Crippen LogP contribution in [0.4, 0.5) is 5.69 Å². The highest BCUT2D eigenvalue weighted by Gasteiger charge is 2.15. The third-order valence-corrected chi connectivity index (χ3v) is 3.48. The molecule has 0 aliphatic heterocycles. The largest absolute Gasteiger partial charge is 0.314 e. The Hall–Kier alpha value is -2.61. The minimum Gasteiger partial charge on any atom is -0.314 e. The second kappa shape index (κ2) is 6.23. The highest BCUT2D eigenvalue weighted by molar-refractivity contribution is 5.94. The summed E-state index contributed by atoms with van der Waals surface area (Å²) in [6.45, 7) is 1.94. The molecule has 0 atom stereocenters. The number of aromatic nitrogens is 2. The first kappa shape index (κ1) is 14.8. The van der Waals surface area contributed by atoms with Crippen molar-refractivity contribution in [1.82, 2.24) is 9.78 Å². The van der Waals surface area contributed by atoms with Gasteiger partial charge in [-0.25, -0.2) is 0 Å². The van der Waals surface area contributed by atoms with E-state index in [4.69, 9.17) is 5.26 Å². The molecule has 1 aromatic carbocycles. The molecule has 0 bridgehead atoms. The number of nitrogens with zero attached hydrogens (tertiary/aromatic N) is 4. The molecule has 5 nitrogen and oxygen atoms in total. The van der Waals surface area contributed by atoms with Crippen molar-refractivity contribution >= 4 is 11.6 Å². The van der Waals surface area contributed by atoms with Crippen molar-refractivity contribution in [3.63, 3.8) is 0 Å². The summed E-state index contributed by atoms with van der Waals surface area (Å²) in [5.74, 6) is -0.0130. The van der Waals surface area contributed by atoms with Crippen molar-refractivity contribution in [2.45, 2.75) is 19.8 Å². The van der Waals surface area contributed by atoms with Crippen molar-refractivity contribution < 1.29 is 4.79 Å². The number of rotatable bonds is 4. The standard InChI is InChI=1S/C16H18N4O/c1-12-14(11-19(2)18-12)8-9-16(21)20(3)15-7-5-4-6-13(15)10-17/h4-7,11H,8-9H2,1-3H3. The van der Waals surface area contributed by atoms with Gasteiger partial charge in [0.15, 0.2) is 0 Å². The summed E-state index contributed by atoms with van der Waals surface area (Å²) in [7, 11) is 3.57. The summed E-state index contributed by atoms with van der Waals surface area (Å²) in [6.07, 6.45) is 2.98. The molecular formula is C16H18N4O. The van der Waals surface area contributed by atoms with Crippen molar-refractivity contribution in [2.75, 3.05) is 11.9 Å². The first-order valence-corrected chi connectivity index (χ1v) is 6.77. The third kappa shape index (κ3) is 3.29. The quantitative estimate of drug-likeness (QED) is 0.863. The van der Waals surface area contributed by atoms with Crippen molar-refractivity contribution in [1.29, 1.82) is 5.26 Å². The second-order valence-electron chi connectivity index (χ2n) is 5.00. The van der Waals surface area contributed by atoms with Crippen LogP contribution in [0.2, 0.25) is 0 Å². The van der Waals surface area contributed by atoms with Gasteiger partial charge >= 0.3 is 0 Å². The molecule has 0 N–H and O–H groups in total. The van der Waals surface area contributed by atoms with Gasteiger partial charge in [0, 0.05) is 26.7 Å². The third-order valence-electron chi connectivity index (χ3n) is 3.48. The van der Waals surface area contributed by atoms with Crippen LogP contribution in [0.25, 0.3) is 0 Å². The maximum Gasteiger partial charge on any atom is 0.227 e. The van der Waals surface area contributed by atoms with Crippen molar-refractivity contribution in [3.05, 3.63) is 47.3 Å². The number of para-hydroxylation sites is 1. The number of carbonyl (C=O) groups excluding carboxylic acids is 1. The lowest BCUT2D eigenvalue weighted by Crippen LogP contribution is -2.27. The van der Waals surface area contributed by atoms with Crippen LogP contribution in [0.3, 0.4) is 0 Å². The van der Waals surface area contributed by atoms with E-state index >= 15 is 0 Å². The number of nitriles is 1. The minimum atomic E-state index is -0.0130. The Balaban J connectivity index is 2.06. The van der Waals surface area contributed by atoms with Crippen LogP contribution in [0, 0.1) is 18.3 Å². The minimum absolute atomic E-state index is 0.0130. The Morgan fingerprint density at radius 3 is 2.76 bits per heavy atom. The highest BCUT2D eigenvalue weighted by atomic mass is 16.2. The molecule has 2 aromatic rings. The Morgan fingerprint density at radius 2 is 2.14 bits per heavy atom. The van der Waals surface area contributed by atoms with E-state index < -0.39 is 0 Å².